The minimum atomic E-state index is -5.12. The van der Waals surface area contributed by atoms with Crippen molar-refractivity contribution in [1.29, 1.82) is 0 Å². The predicted molar refractivity (Wildman–Crippen MR) is 129 cm³/mol. The largest absolute Gasteiger partial charge is 0.482 e. The van der Waals surface area contributed by atoms with E-state index in [1.54, 1.807) is 0 Å². The van der Waals surface area contributed by atoms with Crippen LogP contribution in [0, 0.1) is 0 Å². The number of aromatic carboxylic acids is 1. The SMILES string of the molecule is CC(c1ccc(Oc2cccc(C(=O)O)c2)cc1Cl)C(O)(c1ccc2c(c1)N(C)C(=O)CO2)C(F)(F)F. The van der Waals surface area contributed by atoms with Crippen LogP contribution in [0.1, 0.15) is 34.3 Å². The van der Waals surface area contributed by atoms with Crippen LogP contribution >= 0.6 is 11.6 Å². The van der Waals surface area contributed by atoms with E-state index >= 15 is 0 Å². The Balaban J connectivity index is 1.70. The highest BCUT2D eigenvalue weighted by Gasteiger charge is 2.59. The molecular formula is C26H21ClF3NO6. The van der Waals surface area contributed by atoms with Crippen molar-refractivity contribution in [2.75, 3.05) is 18.6 Å². The van der Waals surface area contributed by atoms with Crippen molar-refractivity contribution in [3.8, 4) is 17.2 Å². The van der Waals surface area contributed by atoms with Gasteiger partial charge in [-0.3, -0.25) is 4.79 Å². The van der Waals surface area contributed by atoms with E-state index in [2.05, 4.69) is 0 Å². The van der Waals surface area contributed by atoms with Crippen molar-refractivity contribution in [1.82, 2.24) is 0 Å². The predicted octanol–water partition coefficient (Wildman–Crippen LogP) is 5.74. The van der Waals surface area contributed by atoms with E-state index in [0.717, 1.165) is 12.1 Å². The number of carboxylic acid groups (broad SMARTS) is 1. The molecule has 0 spiro atoms. The molecule has 0 saturated carbocycles. The minimum absolute atomic E-state index is 0.00752. The van der Waals surface area contributed by atoms with Gasteiger partial charge in [-0.2, -0.15) is 13.2 Å². The fourth-order valence-corrected chi connectivity index (χ4v) is 4.48. The third-order valence-electron chi connectivity index (χ3n) is 6.30. The Kier molecular flexibility index (Phi) is 6.83. The molecule has 1 aliphatic heterocycles. The van der Waals surface area contributed by atoms with Crippen molar-refractivity contribution in [2.24, 2.45) is 0 Å². The van der Waals surface area contributed by atoms with Gasteiger partial charge in [0.25, 0.3) is 5.91 Å². The first-order valence-corrected chi connectivity index (χ1v) is 11.3. The number of aliphatic hydroxyl groups is 1. The average Bonchev–Trinajstić information content (AvgIpc) is 2.85. The number of anilines is 1. The van der Waals surface area contributed by atoms with E-state index in [9.17, 15) is 27.9 Å². The van der Waals surface area contributed by atoms with Gasteiger partial charge in [-0.05, 0) is 53.6 Å². The number of hydrogen-bond acceptors (Lipinski definition) is 5. The van der Waals surface area contributed by atoms with Gasteiger partial charge in [0.2, 0.25) is 0 Å². The number of nitrogens with zero attached hydrogens (tertiary/aromatic N) is 1. The van der Waals surface area contributed by atoms with Gasteiger partial charge in [-0.15, -0.1) is 0 Å². The molecule has 2 unspecified atom stereocenters. The zero-order chi connectivity index (χ0) is 27.1. The van der Waals surface area contributed by atoms with E-state index in [1.165, 1.54) is 67.4 Å². The maximum Gasteiger partial charge on any atom is 0.422 e. The van der Waals surface area contributed by atoms with Crippen LogP contribution in [0.4, 0.5) is 18.9 Å². The lowest BCUT2D eigenvalue weighted by atomic mass is 9.77. The Morgan fingerprint density at radius 1 is 1.11 bits per heavy atom. The first-order chi connectivity index (χ1) is 17.3. The number of benzene rings is 3. The summed E-state index contributed by atoms with van der Waals surface area (Å²) in [6.45, 7) is 0.948. The van der Waals surface area contributed by atoms with Gasteiger partial charge >= 0.3 is 12.1 Å². The van der Waals surface area contributed by atoms with E-state index in [4.69, 9.17) is 26.2 Å². The molecule has 0 aliphatic carbocycles. The van der Waals surface area contributed by atoms with Crippen LogP contribution in [0.25, 0.3) is 0 Å². The van der Waals surface area contributed by atoms with Crippen molar-refractivity contribution in [3.63, 3.8) is 0 Å². The molecule has 0 bridgehead atoms. The standard InChI is InChI=1S/C26H21ClF3NO6/c1-14(19-8-7-18(12-20(19)27)37-17-5-3-4-15(10-17)24(33)34)25(35,26(28,29)30)16-6-9-22-21(11-16)31(2)23(32)13-36-22/h3-12,14,35H,13H2,1-2H3,(H,33,34). The number of fused-ring (bicyclic) bond motifs is 1. The van der Waals surface area contributed by atoms with Gasteiger partial charge in [-0.25, -0.2) is 4.79 Å². The number of carbonyl (C=O) groups is 2. The quantitative estimate of drug-likeness (QED) is 0.418. The Labute approximate surface area is 214 Å². The molecule has 37 heavy (non-hydrogen) atoms. The summed E-state index contributed by atoms with van der Waals surface area (Å²) >= 11 is 6.35. The summed E-state index contributed by atoms with van der Waals surface area (Å²) in [5, 5.41) is 20.2. The lowest BCUT2D eigenvalue weighted by molar-refractivity contribution is -0.274. The monoisotopic (exact) mass is 535 g/mol. The molecule has 1 amide bonds. The number of rotatable bonds is 6. The number of amides is 1. The zero-order valence-electron chi connectivity index (χ0n) is 19.5. The molecule has 1 heterocycles. The molecule has 4 rings (SSSR count). The number of carbonyl (C=O) groups excluding carboxylic acids is 1. The summed E-state index contributed by atoms with van der Waals surface area (Å²) in [5.41, 5.74) is -3.77. The molecule has 3 aromatic rings. The zero-order valence-corrected chi connectivity index (χ0v) is 20.3. The van der Waals surface area contributed by atoms with Crippen LogP contribution in [-0.2, 0) is 10.4 Å². The number of alkyl halides is 3. The molecule has 0 fully saturated rings. The number of carboxylic acids is 1. The molecule has 0 radical (unpaired) electrons. The van der Waals surface area contributed by atoms with Gasteiger partial charge < -0.3 is 24.6 Å². The van der Waals surface area contributed by atoms with E-state index < -0.39 is 35.1 Å². The summed E-state index contributed by atoms with van der Waals surface area (Å²) in [6.07, 6.45) is -5.12. The summed E-state index contributed by atoms with van der Waals surface area (Å²) in [4.78, 5) is 24.3. The van der Waals surface area contributed by atoms with Crippen molar-refractivity contribution < 1.29 is 42.4 Å². The van der Waals surface area contributed by atoms with Gasteiger partial charge in [-0.1, -0.05) is 36.7 Å². The first-order valence-electron chi connectivity index (χ1n) is 11.0. The van der Waals surface area contributed by atoms with E-state index in [-0.39, 0.29) is 45.7 Å². The topological polar surface area (TPSA) is 96.3 Å². The molecule has 11 heteroatoms. The minimum Gasteiger partial charge on any atom is -0.482 e. The van der Waals surface area contributed by atoms with Gasteiger partial charge in [0, 0.05) is 18.0 Å². The Morgan fingerprint density at radius 2 is 1.81 bits per heavy atom. The van der Waals surface area contributed by atoms with Gasteiger partial charge in [0.05, 0.1) is 11.3 Å². The summed E-state index contributed by atoms with van der Waals surface area (Å²) in [6, 6.07) is 13.1. The van der Waals surface area contributed by atoms with Crippen LogP contribution in [0.3, 0.4) is 0 Å². The molecule has 7 nitrogen and oxygen atoms in total. The number of ether oxygens (including phenoxy) is 2. The molecule has 2 N–H and O–H groups in total. The van der Waals surface area contributed by atoms with E-state index in [0.29, 0.717) is 0 Å². The van der Waals surface area contributed by atoms with Crippen molar-refractivity contribution in [2.45, 2.75) is 24.6 Å². The second-order valence-corrected chi connectivity index (χ2v) is 8.94. The maximum absolute atomic E-state index is 14.5. The second-order valence-electron chi connectivity index (χ2n) is 8.53. The van der Waals surface area contributed by atoms with Gasteiger partial charge in [0.15, 0.2) is 12.2 Å². The average molecular weight is 536 g/mol. The maximum atomic E-state index is 14.5. The number of halogens is 4. The van der Waals surface area contributed by atoms with E-state index in [1.807, 2.05) is 0 Å². The molecule has 194 valence electrons. The second kappa shape index (κ2) is 9.60. The molecular weight excluding hydrogens is 515 g/mol. The Morgan fingerprint density at radius 3 is 2.46 bits per heavy atom. The van der Waals surface area contributed by atoms with Crippen LogP contribution in [0.2, 0.25) is 5.02 Å². The van der Waals surface area contributed by atoms with Crippen LogP contribution in [-0.4, -0.2) is 41.9 Å². The summed E-state index contributed by atoms with van der Waals surface area (Å²) < 4.78 is 54.3. The summed E-state index contributed by atoms with van der Waals surface area (Å²) in [7, 11) is 1.41. The Hall–Kier alpha value is -3.76. The number of hydrogen-bond donors (Lipinski definition) is 2. The molecule has 1 aliphatic rings. The molecule has 2 atom stereocenters. The fourth-order valence-electron chi connectivity index (χ4n) is 4.14. The lowest BCUT2D eigenvalue weighted by Crippen LogP contribution is -2.47. The third kappa shape index (κ3) is 4.82. The van der Waals surface area contributed by atoms with Crippen LogP contribution < -0.4 is 14.4 Å². The van der Waals surface area contributed by atoms with Crippen molar-refractivity contribution >= 4 is 29.2 Å². The third-order valence-corrected chi connectivity index (χ3v) is 6.63. The highest BCUT2D eigenvalue weighted by Crippen LogP contribution is 2.51. The highest BCUT2D eigenvalue weighted by molar-refractivity contribution is 6.31. The molecule has 0 aromatic heterocycles. The highest BCUT2D eigenvalue weighted by atomic mass is 35.5. The smallest absolute Gasteiger partial charge is 0.422 e. The van der Waals surface area contributed by atoms with Crippen molar-refractivity contribution in [3.05, 3.63) is 82.4 Å². The lowest BCUT2D eigenvalue weighted by Gasteiger charge is -2.38. The van der Waals surface area contributed by atoms with Crippen LogP contribution in [0.5, 0.6) is 17.2 Å². The normalized spacial score (nSPS) is 15.9. The van der Waals surface area contributed by atoms with Crippen LogP contribution in [0.15, 0.2) is 60.7 Å². The fraction of sp³-hybridized carbons (Fsp3) is 0.231. The summed E-state index contributed by atoms with van der Waals surface area (Å²) in [5.74, 6) is -2.60. The first kappa shape index (κ1) is 26.3. The molecule has 3 aromatic carbocycles. The number of likely N-dealkylation sites (N-methyl/N-ethyl adjacent to an activating group) is 1. The Bertz CT molecular complexity index is 1380. The van der Waals surface area contributed by atoms with Gasteiger partial charge in [0.1, 0.15) is 17.2 Å². The molecule has 0 saturated heterocycles.